The van der Waals surface area contributed by atoms with E-state index in [0.29, 0.717) is 23.5 Å². The standard InChI is InChI=1S/C14H32O2P2/c1-13(2,3)17(9-7-15)11-12-18(10-8-16)14(4,5)6/h15-16H,7-12H2,1-6H3. The first-order chi connectivity index (χ1) is 8.12. The number of hydrogen-bond donors (Lipinski definition) is 2. The van der Waals surface area contributed by atoms with Gasteiger partial charge in [-0.15, -0.1) is 0 Å². The van der Waals surface area contributed by atoms with Gasteiger partial charge in [-0.3, -0.25) is 0 Å². The van der Waals surface area contributed by atoms with Crippen LogP contribution in [0.1, 0.15) is 41.5 Å². The molecule has 2 atom stereocenters. The van der Waals surface area contributed by atoms with E-state index in [-0.39, 0.29) is 15.8 Å². The minimum absolute atomic E-state index is 0.108. The van der Waals surface area contributed by atoms with Crippen LogP contribution in [0.25, 0.3) is 0 Å². The minimum Gasteiger partial charge on any atom is -0.396 e. The summed E-state index contributed by atoms with van der Waals surface area (Å²) in [4.78, 5) is 0. The van der Waals surface area contributed by atoms with Crippen molar-refractivity contribution >= 4 is 15.8 Å². The van der Waals surface area contributed by atoms with Gasteiger partial charge < -0.3 is 10.2 Å². The molecule has 0 aromatic rings. The van der Waals surface area contributed by atoms with Crippen molar-refractivity contribution in [3.63, 3.8) is 0 Å². The van der Waals surface area contributed by atoms with E-state index >= 15 is 0 Å². The van der Waals surface area contributed by atoms with Crippen LogP contribution in [0.5, 0.6) is 0 Å². The van der Waals surface area contributed by atoms with E-state index in [1.165, 1.54) is 12.3 Å². The molecule has 0 aromatic heterocycles. The van der Waals surface area contributed by atoms with Crippen molar-refractivity contribution in [1.29, 1.82) is 0 Å². The summed E-state index contributed by atoms with van der Waals surface area (Å²) in [5.74, 6) is 0. The monoisotopic (exact) mass is 294 g/mol. The Morgan fingerprint density at radius 3 is 1.06 bits per heavy atom. The van der Waals surface area contributed by atoms with Gasteiger partial charge in [-0.05, 0) is 35.0 Å². The maximum atomic E-state index is 9.21. The van der Waals surface area contributed by atoms with Gasteiger partial charge in [0.2, 0.25) is 0 Å². The van der Waals surface area contributed by atoms with Crippen LogP contribution in [0.15, 0.2) is 0 Å². The molecule has 2 N–H and O–H groups in total. The number of hydrogen-bond acceptors (Lipinski definition) is 2. The normalized spacial score (nSPS) is 16.7. The maximum absolute atomic E-state index is 9.21. The Bertz CT molecular complexity index is 195. The van der Waals surface area contributed by atoms with Crippen LogP contribution in [0.3, 0.4) is 0 Å². The van der Waals surface area contributed by atoms with Gasteiger partial charge in [0, 0.05) is 13.2 Å². The molecule has 0 amide bonds. The molecule has 0 saturated carbocycles. The first-order valence-electron chi connectivity index (χ1n) is 6.84. The summed E-state index contributed by atoms with van der Waals surface area (Å²) < 4.78 is 0. The van der Waals surface area contributed by atoms with Crippen LogP contribution in [0.2, 0.25) is 0 Å². The molecular weight excluding hydrogens is 262 g/mol. The second kappa shape index (κ2) is 8.15. The molecule has 0 aliphatic rings. The average Bonchev–Trinajstić information content (AvgIpc) is 2.18. The summed E-state index contributed by atoms with van der Waals surface area (Å²) in [6.45, 7) is 14.4. The molecule has 0 bridgehead atoms. The molecule has 4 heteroatoms. The van der Waals surface area contributed by atoms with Gasteiger partial charge in [-0.25, -0.2) is 0 Å². The molecular formula is C14H32O2P2. The Morgan fingerprint density at radius 1 is 0.611 bits per heavy atom. The molecule has 0 radical (unpaired) electrons. The van der Waals surface area contributed by atoms with E-state index in [9.17, 15) is 10.2 Å². The Labute approximate surface area is 116 Å². The van der Waals surface area contributed by atoms with Gasteiger partial charge in [0.05, 0.1) is 0 Å². The van der Waals surface area contributed by atoms with Crippen molar-refractivity contribution in [3.05, 3.63) is 0 Å². The predicted octanol–water partition coefficient (Wildman–Crippen LogP) is 3.53. The molecule has 0 spiro atoms. The number of aliphatic hydroxyl groups excluding tert-OH is 2. The van der Waals surface area contributed by atoms with E-state index in [2.05, 4.69) is 41.5 Å². The predicted molar refractivity (Wildman–Crippen MR) is 87.0 cm³/mol. The quantitative estimate of drug-likeness (QED) is 0.705. The van der Waals surface area contributed by atoms with Crippen LogP contribution >= 0.6 is 15.8 Å². The molecule has 2 unspecified atom stereocenters. The Morgan fingerprint density at radius 2 is 0.889 bits per heavy atom. The zero-order chi connectivity index (χ0) is 14.4. The topological polar surface area (TPSA) is 40.5 Å². The molecule has 0 aliphatic heterocycles. The SMILES string of the molecule is CC(C)(C)P(CCO)CCP(CCO)C(C)(C)C. The molecule has 2 nitrogen and oxygen atoms in total. The van der Waals surface area contributed by atoms with Crippen molar-refractivity contribution in [2.75, 3.05) is 37.9 Å². The molecule has 0 saturated heterocycles. The highest BCUT2D eigenvalue weighted by Crippen LogP contribution is 2.55. The van der Waals surface area contributed by atoms with Gasteiger partial charge in [-0.1, -0.05) is 57.4 Å². The van der Waals surface area contributed by atoms with Crippen molar-refractivity contribution in [1.82, 2.24) is 0 Å². The highest BCUT2D eigenvalue weighted by molar-refractivity contribution is 7.63. The highest BCUT2D eigenvalue weighted by atomic mass is 31.1. The number of rotatable bonds is 7. The van der Waals surface area contributed by atoms with Crippen LogP contribution in [-0.2, 0) is 0 Å². The highest BCUT2D eigenvalue weighted by Gasteiger charge is 2.28. The fraction of sp³-hybridized carbons (Fsp3) is 1.00. The van der Waals surface area contributed by atoms with Crippen LogP contribution in [0.4, 0.5) is 0 Å². The molecule has 110 valence electrons. The fourth-order valence-corrected chi connectivity index (χ4v) is 7.59. The largest absolute Gasteiger partial charge is 0.396 e. The van der Waals surface area contributed by atoms with E-state index in [0.717, 1.165) is 12.3 Å². The van der Waals surface area contributed by atoms with Gasteiger partial charge in [0.25, 0.3) is 0 Å². The van der Waals surface area contributed by atoms with Crippen molar-refractivity contribution in [3.8, 4) is 0 Å². The van der Waals surface area contributed by atoms with E-state index in [1.807, 2.05) is 0 Å². The molecule has 0 rings (SSSR count). The second-order valence-corrected chi connectivity index (χ2v) is 13.4. The lowest BCUT2D eigenvalue weighted by Crippen LogP contribution is -2.22. The smallest absolute Gasteiger partial charge is 0.0470 e. The summed E-state index contributed by atoms with van der Waals surface area (Å²) in [7, 11) is -0.215. The van der Waals surface area contributed by atoms with Crippen molar-refractivity contribution < 1.29 is 10.2 Å². The van der Waals surface area contributed by atoms with E-state index in [1.54, 1.807) is 0 Å². The molecule has 0 fully saturated rings. The zero-order valence-corrected chi connectivity index (χ0v) is 14.8. The number of aliphatic hydroxyl groups is 2. The van der Waals surface area contributed by atoms with E-state index < -0.39 is 0 Å². The summed E-state index contributed by atoms with van der Waals surface area (Å²) in [5, 5.41) is 19.1. The van der Waals surface area contributed by atoms with Gasteiger partial charge >= 0.3 is 0 Å². The Hall–Kier alpha value is 0.780. The fourth-order valence-electron chi connectivity index (χ4n) is 2.05. The summed E-state index contributed by atoms with van der Waals surface area (Å²) in [5.41, 5.74) is 0. The minimum atomic E-state index is -0.108. The maximum Gasteiger partial charge on any atom is 0.0470 e. The third-order valence-corrected chi connectivity index (χ3v) is 10.4. The summed E-state index contributed by atoms with van der Waals surface area (Å²) in [6.07, 6.45) is 4.40. The van der Waals surface area contributed by atoms with Crippen LogP contribution < -0.4 is 0 Å². The van der Waals surface area contributed by atoms with Crippen LogP contribution in [0, 0.1) is 0 Å². The van der Waals surface area contributed by atoms with Crippen molar-refractivity contribution in [2.24, 2.45) is 0 Å². The Balaban J connectivity index is 4.47. The van der Waals surface area contributed by atoms with Gasteiger partial charge in [0.15, 0.2) is 0 Å². The molecule has 0 aromatic carbocycles. The second-order valence-electron chi connectivity index (χ2n) is 6.76. The lowest BCUT2D eigenvalue weighted by Gasteiger charge is -2.36. The third kappa shape index (κ3) is 7.39. The Kier molecular flexibility index (Phi) is 8.51. The van der Waals surface area contributed by atoms with E-state index in [4.69, 9.17) is 0 Å². The molecule has 0 aliphatic carbocycles. The van der Waals surface area contributed by atoms with Gasteiger partial charge in [-0.2, -0.15) is 0 Å². The lowest BCUT2D eigenvalue weighted by atomic mass is 10.3. The zero-order valence-electron chi connectivity index (χ0n) is 13.0. The molecule has 0 heterocycles. The summed E-state index contributed by atoms with van der Waals surface area (Å²) >= 11 is 0. The molecule has 18 heavy (non-hydrogen) atoms. The average molecular weight is 294 g/mol. The van der Waals surface area contributed by atoms with Crippen molar-refractivity contribution in [2.45, 2.75) is 51.9 Å². The summed E-state index contributed by atoms with van der Waals surface area (Å²) in [6, 6.07) is 0. The lowest BCUT2D eigenvalue weighted by molar-refractivity contribution is 0.320. The first-order valence-corrected chi connectivity index (χ1v) is 10.3. The first kappa shape index (κ1) is 18.8. The van der Waals surface area contributed by atoms with Crippen LogP contribution in [-0.4, -0.2) is 58.4 Å². The van der Waals surface area contributed by atoms with Gasteiger partial charge in [0.1, 0.15) is 0 Å². The third-order valence-electron chi connectivity index (χ3n) is 3.28.